The minimum Gasteiger partial charge on any atom is -0.478 e. The fraction of sp³-hybridized carbons (Fsp3) is 0.500. The van der Waals surface area contributed by atoms with E-state index in [0.717, 1.165) is 43.7 Å². The Balaban J connectivity index is 2.06. The molecule has 0 radical (unpaired) electrons. The number of aryl methyl sites for hydroxylation is 1. The Labute approximate surface area is 107 Å². The van der Waals surface area contributed by atoms with E-state index in [-0.39, 0.29) is 0 Å². The zero-order valence-corrected chi connectivity index (χ0v) is 10.6. The molecule has 0 aromatic heterocycles. The van der Waals surface area contributed by atoms with Crippen molar-refractivity contribution in [1.82, 2.24) is 0 Å². The number of carboxylic acids is 1. The van der Waals surface area contributed by atoms with Gasteiger partial charge in [-0.2, -0.15) is 0 Å². The molecular weight excluding hydrogens is 230 g/mol. The summed E-state index contributed by atoms with van der Waals surface area (Å²) in [6.45, 7) is 3.57. The number of benzene rings is 1. The summed E-state index contributed by atoms with van der Waals surface area (Å²) in [4.78, 5) is 10.9. The Morgan fingerprint density at radius 1 is 1.39 bits per heavy atom. The van der Waals surface area contributed by atoms with E-state index in [1.165, 1.54) is 0 Å². The molecule has 1 aliphatic rings. The molecule has 0 saturated carbocycles. The zero-order valence-electron chi connectivity index (χ0n) is 10.6. The number of nitrogens with one attached hydrogen (secondary N) is 1. The summed E-state index contributed by atoms with van der Waals surface area (Å²) in [6, 6.07) is 5.62. The van der Waals surface area contributed by atoms with Crippen LogP contribution < -0.4 is 5.32 Å². The molecule has 0 aliphatic carbocycles. The van der Waals surface area contributed by atoms with Crippen molar-refractivity contribution in [1.29, 1.82) is 0 Å². The number of hydrogen-bond acceptors (Lipinski definition) is 3. The summed E-state index contributed by atoms with van der Waals surface area (Å²) in [7, 11) is 0. The van der Waals surface area contributed by atoms with Gasteiger partial charge in [0.2, 0.25) is 0 Å². The molecule has 1 unspecified atom stereocenters. The lowest BCUT2D eigenvalue weighted by atomic mass is 10.1. The smallest absolute Gasteiger partial charge is 0.335 e. The monoisotopic (exact) mass is 249 g/mol. The lowest BCUT2D eigenvalue weighted by Crippen LogP contribution is -2.20. The summed E-state index contributed by atoms with van der Waals surface area (Å²) in [6.07, 6.45) is 3.17. The maximum atomic E-state index is 10.9. The standard InChI is InChI=1S/C14H19NO3/c1-10-9-11(14(16)17)4-5-13(10)15-12-3-2-7-18-8-6-12/h4-5,9,12,15H,2-3,6-8H2,1H3,(H,16,17). The maximum absolute atomic E-state index is 10.9. The van der Waals surface area contributed by atoms with E-state index >= 15 is 0 Å². The third kappa shape index (κ3) is 3.23. The molecule has 2 rings (SSSR count). The summed E-state index contributed by atoms with van der Waals surface area (Å²) in [5.41, 5.74) is 2.33. The summed E-state index contributed by atoms with van der Waals surface area (Å²) in [5.74, 6) is -0.882. The number of ether oxygens (including phenoxy) is 1. The SMILES string of the molecule is Cc1cc(C(=O)O)ccc1NC1CCCOCC1. The highest BCUT2D eigenvalue weighted by atomic mass is 16.5. The third-order valence-electron chi connectivity index (χ3n) is 3.28. The van der Waals surface area contributed by atoms with Crippen LogP contribution >= 0.6 is 0 Å². The predicted molar refractivity (Wildman–Crippen MR) is 70.2 cm³/mol. The molecule has 0 bridgehead atoms. The second-order valence-corrected chi connectivity index (χ2v) is 4.72. The first kappa shape index (κ1) is 12.9. The van der Waals surface area contributed by atoms with Crippen LogP contribution in [0.1, 0.15) is 35.2 Å². The van der Waals surface area contributed by atoms with Crippen LogP contribution in [0.15, 0.2) is 18.2 Å². The maximum Gasteiger partial charge on any atom is 0.335 e. The van der Waals surface area contributed by atoms with Crippen molar-refractivity contribution in [2.24, 2.45) is 0 Å². The van der Waals surface area contributed by atoms with Gasteiger partial charge in [-0.25, -0.2) is 4.79 Å². The predicted octanol–water partition coefficient (Wildman–Crippen LogP) is 2.67. The van der Waals surface area contributed by atoms with Gasteiger partial charge in [-0.1, -0.05) is 0 Å². The molecule has 0 spiro atoms. The minimum atomic E-state index is -0.882. The van der Waals surface area contributed by atoms with Gasteiger partial charge in [-0.15, -0.1) is 0 Å². The number of hydrogen-bond donors (Lipinski definition) is 2. The number of rotatable bonds is 3. The van der Waals surface area contributed by atoms with Gasteiger partial charge < -0.3 is 15.2 Å². The normalized spacial score (nSPS) is 20.2. The van der Waals surface area contributed by atoms with Crippen LogP contribution in [0.2, 0.25) is 0 Å². The Bertz CT molecular complexity index is 423. The van der Waals surface area contributed by atoms with Gasteiger partial charge >= 0.3 is 5.97 Å². The van der Waals surface area contributed by atoms with Crippen LogP contribution in [0.25, 0.3) is 0 Å². The molecule has 0 amide bonds. The minimum absolute atomic E-state index is 0.335. The second kappa shape index (κ2) is 5.87. The number of anilines is 1. The topological polar surface area (TPSA) is 58.6 Å². The highest BCUT2D eigenvalue weighted by Gasteiger charge is 2.13. The van der Waals surface area contributed by atoms with E-state index in [4.69, 9.17) is 9.84 Å². The molecule has 18 heavy (non-hydrogen) atoms. The van der Waals surface area contributed by atoms with Crippen molar-refractivity contribution in [3.8, 4) is 0 Å². The zero-order chi connectivity index (χ0) is 13.0. The van der Waals surface area contributed by atoms with E-state index in [1.807, 2.05) is 13.0 Å². The number of carbonyl (C=O) groups is 1. The van der Waals surface area contributed by atoms with Gasteiger partial charge in [0, 0.05) is 24.9 Å². The van der Waals surface area contributed by atoms with Crippen LogP contribution in [0, 0.1) is 6.92 Å². The van der Waals surface area contributed by atoms with Gasteiger partial charge in [-0.05, 0) is 49.9 Å². The van der Waals surface area contributed by atoms with Crippen molar-refractivity contribution in [3.05, 3.63) is 29.3 Å². The van der Waals surface area contributed by atoms with Crippen molar-refractivity contribution < 1.29 is 14.6 Å². The third-order valence-corrected chi connectivity index (χ3v) is 3.28. The lowest BCUT2D eigenvalue weighted by Gasteiger charge is -2.19. The Morgan fingerprint density at radius 2 is 2.22 bits per heavy atom. The fourth-order valence-corrected chi connectivity index (χ4v) is 2.23. The first-order chi connectivity index (χ1) is 8.66. The van der Waals surface area contributed by atoms with Crippen molar-refractivity contribution >= 4 is 11.7 Å². The molecule has 1 aromatic rings. The van der Waals surface area contributed by atoms with Crippen LogP contribution in [-0.2, 0) is 4.74 Å². The van der Waals surface area contributed by atoms with Gasteiger partial charge in [0.1, 0.15) is 0 Å². The molecule has 4 heteroatoms. The van der Waals surface area contributed by atoms with Crippen molar-refractivity contribution in [2.75, 3.05) is 18.5 Å². The number of aromatic carboxylic acids is 1. The summed E-state index contributed by atoms with van der Waals surface area (Å²) in [5, 5.41) is 12.4. The molecule has 1 atom stereocenters. The molecule has 4 nitrogen and oxygen atoms in total. The molecular formula is C14H19NO3. The van der Waals surface area contributed by atoms with Crippen LogP contribution in [0.4, 0.5) is 5.69 Å². The van der Waals surface area contributed by atoms with E-state index in [9.17, 15) is 4.79 Å². The molecule has 1 saturated heterocycles. The average molecular weight is 249 g/mol. The fourth-order valence-electron chi connectivity index (χ4n) is 2.23. The van der Waals surface area contributed by atoms with Gasteiger partial charge in [0.15, 0.2) is 0 Å². The van der Waals surface area contributed by atoms with Gasteiger partial charge in [0.05, 0.1) is 5.56 Å². The largest absolute Gasteiger partial charge is 0.478 e. The summed E-state index contributed by atoms with van der Waals surface area (Å²) < 4.78 is 5.43. The van der Waals surface area contributed by atoms with Gasteiger partial charge in [0.25, 0.3) is 0 Å². The lowest BCUT2D eigenvalue weighted by molar-refractivity contribution is 0.0697. The number of carboxylic acid groups (broad SMARTS) is 1. The molecule has 1 aliphatic heterocycles. The van der Waals surface area contributed by atoms with E-state index < -0.39 is 5.97 Å². The van der Waals surface area contributed by atoms with Crippen molar-refractivity contribution in [2.45, 2.75) is 32.2 Å². The quantitative estimate of drug-likeness (QED) is 0.864. The van der Waals surface area contributed by atoms with Crippen LogP contribution in [0.3, 0.4) is 0 Å². The Kier molecular flexibility index (Phi) is 4.20. The molecule has 1 fully saturated rings. The second-order valence-electron chi connectivity index (χ2n) is 4.72. The van der Waals surface area contributed by atoms with E-state index in [0.29, 0.717) is 11.6 Å². The Morgan fingerprint density at radius 3 is 2.94 bits per heavy atom. The van der Waals surface area contributed by atoms with E-state index in [1.54, 1.807) is 12.1 Å². The highest BCUT2D eigenvalue weighted by Crippen LogP contribution is 2.20. The first-order valence-electron chi connectivity index (χ1n) is 6.35. The Hall–Kier alpha value is -1.55. The molecule has 98 valence electrons. The highest BCUT2D eigenvalue weighted by molar-refractivity contribution is 5.88. The molecule has 1 aromatic carbocycles. The first-order valence-corrected chi connectivity index (χ1v) is 6.35. The van der Waals surface area contributed by atoms with E-state index in [2.05, 4.69) is 5.32 Å². The molecule has 1 heterocycles. The average Bonchev–Trinajstić information content (AvgIpc) is 2.60. The summed E-state index contributed by atoms with van der Waals surface area (Å²) >= 11 is 0. The van der Waals surface area contributed by atoms with Crippen LogP contribution in [0.5, 0.6) is 0 Å². The van der Waals surface area contributed by atoms with Crippen LogP contribution in [-0.4, -0.2) is 30.3 Å². The van der Waals surface area contributed by atoms with Gasteiger partial charge in [-0.3, -0.25) is 0 Å². The molecule has 2 N–H and O–H groups in total. The van der Waals surface area contributed by atoms with Crippen molar-refractivity contribution in [3.63, 3.8) is 0 Å².